The summed E-state index contributed by atoms with van der Waals surface area (Å²) in [7, 11) is 0. The molecule has 2 rings (SSSR count). The van der Waals surface area contributed by atoms with E-state index >= 15 is 0 Å². The minimum Gasteiger partial charge on any atom is -0.363 e. The predicted octanol–water partition coefficient (Wildman–Crippen LogP) is 1.90. The van der Waals surface area contributed by atoms with Crippen LogP contribution in [0.3, 0.4) is 0 Å². The van der Waals surface area contributed by atoms with Gasteiger partial charge in [0.05, 0.1) is 6.10 Å². The number of hydrogen-bond donors (Lipinski definition) is 0. The molecular weight excluding hydrogens is 112 g/mol. The summed E-state index contributed by atoms with van der Waals surface area (Å²) in [6, 6.07) is 0. The maximum absolute atomic E-state index is 5.28. The van der Waals surface area contributed by atoms with E-state index in [0.717, 1.165) is 5.92 Å². The molecule has 2 atom stereocenters. The molecule has 2 aliphatic rings. The monoisotopic (exact) mass is 123 g/mol. The Labute approximate surface area is 55.7 Å². The van der Waals surface area contributed by atoms with Crippen molar-refractivity contribution in [2.75, 3.05) is 0 Å². The van der Waals surface area contributed by atoms with E-state index in [1.165, 1.54) is 25.4 Å². The topological polar surface area (TPSA) is 12.5 Å². The first-order valence-electron chi connectivity index (χ1n) is 3.55. The van der Waals surface area contributed by atoms with E-state index in [-0.39, 0.29) is 0 Å². The Kier molecular flexibility index (Phi) is 1.12. The van der Waals surface area contributed by atoms with E-state index in [4.69, 9.17) is 4.74 Å². The molecule has 9 heavy (non-hydrogen) atoms. The Morgan fingerprint density at radius 3 is 3.22 bits per heavy atom. The van der Waals surface area contributed by atoms with Gasteiger partial charge in [-0.25, -0.2) is 0 Å². The van der Waals surface area contributed by atoms with E-state index in [0.29, 0.717) is 6.10 Å². The van der Waals surface area contributed by atoms with Gasteiger partial charge >= 0.3 is 0 Å². The SMILES string of the molecule is C=CC1CC[C]2OC2C1. The summed E-state index contributed by atoms with van der Waals surface area (Å²) < 4.78 is 5.28. The lowest BCUT2D eigenvalue weighted by Crippen LogP contribution is -2.07. The zero-order valence-corrected chi connectivity index (χ0v) is 5.47. The van der Waals surface area contributed by atoms with Crippen LogP contribution in [0, 0.1) is 12.0 Å². The Bertz CT molecular complexity index is 131. The molecular formula is C8H11O. The van der Waals surface area contributed by atoms with Crippen molar-refractivity contribution in [2.24, 2.45) is 5.92 Å². The van der Waals surface area contributed by atoms with Crippen molar-refractivity contribution < 1.29 is 4.74 Å². The molecule has 2 fully saturated rings. The average molecular weight is 123 g/mol. The van der Waals surface area contributed by atoms with Gasteiger partial charge in [-0.3, -0.25) is 0 Å². The van der Waals surface area contributed by atoms with Crippen molar-refractivity contribution in [3.05, 3.63) is 18.8 Å². The average Bonchev–Trinajstić information content (AvgIpc) is 2.64. The number of epoxide rings is 1. The Balaban J connectivity index is 1.93. The van der Waals surface area contributed by atoms with Crippen molar-refractivity contribution in [1.82, 2.24) is 0 Å². The van der Waals surface area contributed by atoms with Gasteiger partial charge in [0.1, 0.15) is 6.10 Å². The molecule has 1 aliphatic carbocycles. The third-order valence-corrected chi connectivity index (χ3v) is 2.21. The molecule has 49 valence electrons. The van der Waals surface area contributed by atoms with Gasteiger partial charge < -0.3 is 4.74 Å². The summed E-state index contributed by atoms with van der Waals surface area (Å²) in [6.45, 7) is 3.77. The van der Waals surface area contributed by atoms with Gasteiger partial charge in [0.2, 0.25) is 0 Å². The highest BCUT2D eigenvalue weighted by atomic mass is 16.6. The summed E-state index contributed by atoms with van der Waals surface area (Å²) in [5.74, 6) is 0.723. The number of hydrogen-bond acceptors (Lipinski definition) is 1. The molecule has 0 aromatic carbocycles. The molecule has 1 aliphatic heterocycles. The highest BCUT2D eigenvalue weighted by Crippen LogP contribution is 2.45. The first-order chi connectivity index (χ1) is 4.40. The fourth-order valence-corrected chi connectivity index (χ4v) is 1.48. The summed E-state index contributed by atoms with van der Waals surface area (Å²) >= 11 is 0. The molecule has 1 radical (unpaired) electrons. The third kappa shape index (κ3) is 0.897. The second kappa shape index (κ2) is 1.84. The fourth-order valence-electron chi connectivity index (χ4n) is 1.48. The first kappa shape index (κ1) is 5.48. The number of allylic oxidation sites excluding steroid dienone is 1. The first-order valence-corrected chi connectivity index (χ1v) is 3.55. The van der Waals surface area contributed by atoms with Gasteiger partial charge in [-0.2, -0.15) is 0 Å². The van der Waals surface area contributed by atoms with Crippen LogP contribution in [0.15, 0.2) is 12.7 Å². The zero-order valence-electron chi connectivity index (χ0n) is 5.47. The van der Waals surface area contributed by atoms with Crippen LogP contribution in [0.25, 0.3) is 0 Å². The molecule has 0 amide bonds. The molecule has 1 heterocycles. The van der Waals surface area contributed by atoms with Crippen molar-refractivity contribution in [3.63, 3.8) is 0 Å². The Hall–Kier alpha value is -0.300. The van der Waals surface area contributed by atoms with Gasteiger partial charge in [-0.1, -0.05) is 6.08 Å². The van der Waals surface area contributed by atoms with E-state index in [1.807, 2.05) is 0 Å². The lowest BCUT2D eigenvalue weighted by molar-refractivity contribution is 0.390. The minimum absolute atomic E-state index is 0.529. The predicted molar refractivity (Wildman–Crippen MR) is 35.7 cm³/mol. The van der Waals surface area contributed by atoms with Crippen LogP contribution in [-0.2, 0) is 4.74 Å². The number of ether oxygens (including phenoxy) is 1. The normalized spacial score (nSPS) is 41.8. The minimum atomic E-state index is 0.529. The molecule has 0 spiro atoms. The Morgan fingerprint density at radius 2 is 2.56 bits per heavy atom. The van der Waals surface area contributed by atoms with Crippen molar-refractivity contribution >= 4 is 0 Å². The van der Waals surface area contributed by atoms with Gasteiger partial charge in [-0.15, -0.1) is 6.58 Å². The summed E-state index contributed by atoms with van der Waals surface area (Å²) in [4.78, 5) is 0. The van der Waals surface area contributed by atoms with E-state index in [2.05, 4.69) is 12.7 Å². The van der Waals surface area contributed by atoms with Gasteiger partial charge in [0.15, 0.2) is 0 Å². The lowest BCUT2D eigenvalue weighted by Gasteiger charge is -2.12. The van der Waals surface area contributed by atoms with Gasteiger partial charge in [0.25, 0.3) is 0 Å². The number of fused-ring (bicyclic) bond motifs is 1. The van der Waals surface area contributed by atoms with Crippen LogP contribution >= 0.6 is 0 Å². The molecule has 0 aromatic rings. The molecule has 0 aromatic heterocycles. The van der Waals surface area contributed by atoms with E-state index < -0.39 is 0 Å². The van der Waals surface area contributed by atoms with Crippen molar-refractivity contribution in [3.8, 4) is 0 Å². The highest BCUT2D eigenvalue weighted by molar-refractivity contribution is 5.09. The second-order valence-electron chi connectivity index (χ2n) is 2.84. The molecule has 1 nitrogen and oxygen atoms in total. The quantitative estimate of drug-likeness (QED) is 0.383. The van der Waals surface area contributed by atoms with E-state index in [1.54, 1.807) is 0 Å². The molecule has 1 saturated carbocycles. The molecule has 0 bridgehead atoms. The highest BCUT2D eigenvalue weighted by Gasteiger charge is 2.44. The summed E-state index contributed by atoms with van der Waals surface area (Å²) in [6.07, 6.45) is 7.56. The standard InChI is InChI=1S/C8H11O/c1-2-6-3-4-7-8(5-6)9-7/h2,6,8H,1,3-5H2. The summed E-state index contributed by atoms with van der Waals surface area (Å²) in [5, 5.41) is 0. The van der Waals surface area contributed by atoms with Crippen LogP contribution in [0.2, 0.25) is 0 Å². The van der Waals surface area contributed by atoms with Gasteiger partial charge in [0, 0.05) is 0 Å². The smallest absolute Gasteiger partial charge is 0.126 e. The summed E-state index contributed by atoms with van der Waals surface area (Å²) in [5.41, 5.74) is 0. The van der Waals surface area contributed by atoms with E-state index in [9.17, 15) is 0 Å². The molecule has 1 heteroatoms. The number of rotatable bonds is 1. The molecule has 0 N–H and O–H groups in total. The zero-order chi connectivity index (χ0) is 6.27. The lowest BCUT2D eigenvalue weighted by atomic mass is 9.90. The third-order valence-electron chi connectivity index (χ3n) is 2.21. The second-order valence-corrected chi connectivity index (χ2v) is 2.84. The van der Waals surface area contributed by atoms with Gasteiger partial charge in [-0.05, 0) is 25.2 Å². The van der Waals surface area contributed by atoms with Crippen LogP contribution in [0.1, 0.15) is 19.3 Å². The largest absolute Gasteiger partial charge is 0.363 e. The van der Waals surface area contributed by atoms with Crippen LogP contribution in [0.5, 0.6) is 0 Å². The van der Waals surface area contributed by atoms with Crippen LogP contribution in [0.4, 0.5) is 0 Å². The maximum Gasteiger partial charge on any atom is 0.126 e. The fraction of sp³-hybridized carbons (Fsp3) is 0.625. The molecule has 2 unspecified atom stereocenters. The van der Waals surface area contributed by atoms with Crippen LogP contribution < -0.4 is 0 Å². The van der Waals surface area contributed by atoms with Crippen LogP contribution in [-0.4, -0.2) is 6.10 Å². The Morgan fingerprint density at radius 1 is 1.67 bits per heavy atom. The van der Waals surface area contributed by atoms with Crippen molar-refractivity contribution in [2.45, 2.75) is 25.4 Å². The van der Waals surface area contributed by atoms with Crippen molar-refractivity contribution in [1.29, 1.82) is 0 Å². The maximum atomic E-state index is 5.28. The molecule has 1 saturated heterocycles.